The Morgan fingerprint density at radius 3 is 2.11 bits per heavy atom. The summed E-state index contributed by atoms with van der Waals surface area (Å²) in [6.07, 6.45) is 2.48. The molecule has 4 nitrogen and oxygen atoms in total. The predicted octanol–water partition coefficient (Wildman–Crippen LogP) is 5.25. The lowest BCUT2D eigenvalue weighted by molar-refractivity contribution is 0.0976. The van der Waals surface area contributed by atoms with Crippen LogP contribution in [-0.2, 0) is 6.42 Å². The summed E-state index contributed by atoms with van der Waals surface area (Å²) in [7, 11) is 0. The molecule has 0 bridgehead atoms. The topological polar surface area (TPSA) is 66.4 Å². The monoisotopic (exact) mass is 371 g/mol. The number of phenols is 1. The first-order valence-corrected chi connectivity index (χ1v) is 9.51. The van der Waals surface area contributed by atoms with Crippen molar-refractivity contribution in [1.82, 2.24) is 0 Å². The Balaban J connectivity index is 1.92. The third kappa shape index (κ3) is 2.97. The molecule has 0 aliphatic heterocycles. The number of anilines is 2. The van der Waals surface area contributed by atoms with Gasteiger partial charge in [-0.15, -0.1) is 0 Å². The van der Waals surface area contributed by atoms with Crippen molar-refractivity contribution in [3.05, 3.63) is 88.5 Å². The molecule has 0 saturated carbocycles. The first-order chi connectivity index (χ1) is 13.6. The number of benzene rings is 3. The number of hydrogen-bond donors (Lipinski definition) is 2. The average Bonchev–Trinajstić information content (AvgIpc) is 2.72. The standard InChI is InChI=1S/C24H21NO3/c1-2-3-11-18-19(25-15-9-5-4-6-10-15)14-20(26)22-21(18)23(27)16-12-7-8-13-17(16)24(22)28/h4-10,12-14,25-26H,2-3,11H2,1H3. The van der Waals surface area contributed by atoms with Crippen LogP contribution in [0.1, 0.15) is 57.2 Å². The van der Waals surface area contributed by atoms with Crippen LogP contribution in [-0.4, -0.2) is 16.7 Å². The van der Waals surface area contributed by atoms with E-state index in [0.717, 1.165) is 24.1 Å². The average molecular weight is 371 g/mol. The summed E-state index contributed by atoms with van der Waals surface area (Å²) in [6.45, 7) is 2.08. The number of aromatic hydroxyl groups is 1. The Kier molecular flexibility index (Phi) is 4.70. The van der Waals surface area contributed by atoms with E-state index in [4.69, 9.17) is 0 Å². The van der Waals surface area contributed by atoms with Crippen LogP contribution in [0.5, 0.6) is 5.75 Å². The van der Waals surface area contributed by atoms with Gasteiger partial charge >= 0.3 is 0 Å². The number of para-hydroxylation sites is 1. The fourth-order valence-electron chi connectivity index (χ4n) is 3.74. The van der Waals surface area contributed by atoms with E-state index < -0.39 is 0 Å². The molecule has 0 heterocycles. The summed E-state index contributed by atoms with van der Waals surface area (Å²) in [5.41, 5.74) is 3.50. The number of nitrogens with one attached hydrogen (secondary N) is 1. The van der Waals surface area contributed by atoms with Crippen LogP contribution in [0, 0.1) is 0 Å². The summed E-state index contributed by atoms with van der Waals surface area (Å²) in [5.74, 6) is -0.670. The van der Waals surface area contributed by atoms with Gasteiger partial charge in [0.25, 0.3) is 0 Å². The van der Waals surface area contributed by atoms with Crippen molar-refractivity contribution in [3.8, 4) is 5.75 Å². The summed E-state index contributed by atoms with van der Waals surface area (Å²) >= 11 is 0. The van der Waals surface area contributed by atoms with Gasteiger partial charge in [-0.2, -0.15) is 0 Å². The van der Waals surface area contributed by atoms with Crippen LogP contribution in [0.2, 0.25) is 0 Å². The van der Waals surface area contributed by atoms with Gasteiger partial charge in [-0.1, -0.05) is 55.8 Å². The third-order valence-electron chi connectivity index (χ3n) is 5.12. The zero-order valence-corrected chi connectivity index (χ0v) is 15.7. The molecule has 0 spiro atoms. The SMILES string of the molecule is CCCCc1c(Nc2ccccc2)cc(O)c2c1C(=O)c1ccccc1C2=O. The molecule has 3 aromatic carbocycles. The van der Waals surface area contributed by atoms with Crippen molar-refractivity contribution < 1.29 is 14.7 Å². The van der Waals surface area contributed by atoms with Crippen molar-refractivity contribution in [3.63, 3.8) is 0 Å². The quantitative estimate of drug-likeness (QED) is 0.503. The van der Waals surface area contributed by atoms with Crippen LogP contribution < -0.4 is 5.32 Å². The highest BCUT2D eigenvalue weighted by Crippen LogP contribution is 2.40. The molecule has 4 heteroatoms. The molecule has 3 aromatic rings. The molecule has 1 aliphatic carbocycles. The van der Waals surface area contributed by atoms with Crippen LogP contribution >= 0.6 is 0 Å². The largest absolute Gasteiger partial charge is 0.507 e. The van der Waals surface area contributed by atoms with Gasteiger partial charge in [0.1, 0.15) is 5.75 Å². The molecule has 4 rings (SSSR count). The normalized spacial score (nSPS) is 12.5. The molecule has 0 fully saturated rings. The molecule has 0 unspecified atom stereocenters. The van der Waals surface area contributed by atoms with Crippen molar-refractivity contribution >= 4 is 22.9 Å². The molecular formula is C24H21NO3. The van der Waals surface area contributed by atoms with Crippen molar-refractivity contribution in [2.75, 3.05) is 5.32 Å². The van der Waals surface area contributed by atoms with Gasteiger partial charge in [-0.05, 0) is 30.5 Å². The van der Waals surface area contributed by atoms with Gasteiger partial charge in [0.2, 0.25) is 0 Å². The number of carbonyl (C=O) groups is 2. The molecule has 0 amide bonds. The van der Waals surface area contributed by atoms with Crippen LogP contribution in [0.3, 0.4) is 0 Å². The maximum absolute atomic E-state index is 13.3. The summed E-state index contributed by atoms with van der Waals surface area (Å²) in [5, 5.41) is 14.0. The van der Waals surface area contributed by atoms with Gasteiger partial charge in [-0.25, -0.2) is 0 Å². The lowest BCUT2D eigenvalue weighted by Gasteiger charge is -2.24. The van der Waals surface area contributed by atoms with Crippen molar-refractivity contribution in [1.29, 1.82) is 0 Å². The second-order valence-corrected chi connectivity index (χ2v) is 6.97. The maximum atomic E-state index is 13.3. The minimum Gasteiger partial charge on any atom is -0.507 e. The molecule has 0 saturated heterocycles. The third-order valence-corrected chi connectivity index (χ3v) is 5.12. The van der Waals surface area contributed by atoms with E-state index in [0.29, 0.717) is 28.8 Å². The second kappa shape index (κ2) is 7.31. The molecule has 140 valence electrons. The summed E-state index contributed by atoms with van der Waals surface area (Å²) in [4.78, 5) is 26.3. The minimum atomic E-state index is -0.299. The highest BCUT2D eigenvalue weighted by atomic mass is 16.3. The minimum absolute atomic E-state index is 0.119. The molecule has 28 heavy (non-hydrogen) atoms. The van der Waals surface area contributed by atoms with Crippen molar-refractivity contribution in [2.45, 2.75) is 26.2 Å². The van der Waals surface area contributed by atoms with E-state index in [1.807, 2.05) is 30.3 Å². The molecule has 0 radical (unpaired) electrons. The van der Waals surface area contributed by atoms with Crippen LogP contribution in [0.25, 0.3) is 0 Å². The van der Waals surface area contributed by atoms with Gasteiger partial charge in [0.05, 0.1) is 5.56 Å². The van der Waals surface area contributed by atoms with E-state index in [-0.39, 0.29) is 22.9 Å². The fourth-order valence-corrected chi connectivity index (χ4v) is 3.74. The van der Waals surface area contributed by atoms with Gasteiger partial charge in [-0.3, -0.25) is 9.59 Å². The van der Waals surface area contributed by atoms with Crippen molar-refractivity contribution in [2.24, 2.45) is 0 Å². The smallest absolute Gasteiger partial charge is 0.198 e. The summed E-state index contributed by atoms with van der Waals surface area (Å²) in [6, 6.07) is 18.0. The highest BCUT2D eigenvalue weighted by molar-refractivity contribution is 6.30. The van der Waals surface area contributed by atoms with Gasteiger partial charge < -0.3 is 10.4 Å². The number of ketones is 2. The first kappa shape index (κ1) is 18.0. The van der Waals surface area contributed by atoms with Crippen LogP contribution in [0.4, 0.5) is 11.4 Å². The molecule has 2 N–H and O–H groups in total. The van der Waals surface area contributed by atoms with E-state index in [1.54, 1.807) is 30.3 Å². The van der Waals surface area contributed by atoms with E-state index >= 15 is 0 Å². The number of carbonyl (C=O) groups excluding carboxylic acids is 2. The Hall–Kier alpha value is -3.40. The van der Waals surface area contributed by atoms with Crippen LogP contribution in [0.15, 0.2) is 60.7 Å². The number of rotatable bonds is 5. The van der Waals surface area contributed by atoms with E-state index in [2.05, 4.69) is 12.2 Å². The number of fused-ring (bicyclic) bond motifs is 2. The maximum Gasteiger partial charge on any atom is 0.198 e. The first-order valence-electron chi connectivity index (χ1n) is 9.51. The van der Waals surface area contributed by atoms with E-state index in [1.165, 1.54) is 0 Å². The highest BCUT2D eigenvalue weighted by Gasteiger charge is 2.35. The zero-order valence-electron chi connectivity index (χ0n) is 15.7. The molecule has 0 atom stereocenters. The second-order valence-electron chi connectivity index (χ2n) is 6.97. The predicted molar refractivity (Wildman–Crippen MR) is 110 cm³/mol. The lowest BCUT2D eigenvalue weighted by Crippen LogP contribution is -2.23. The Morgan fingerprint density at radius 2 is 1.46 bits per heavy atom. The number of hydrogen-bond acceptors (Lipinski definition) is 4. The molecule has 1 aliphatic rings. The number of unbranched alkanes of at least 4 members (excludes halogenated alkanes) is 1. The Morgan fingerprint density at radius 1 is 0.857 bits per heavy atom. The van der Waals surface area contributed by atoms with Gasteiger partial charge in [0, 0.05) is 34.1 Å². The molecule has 0 aromatic heterocycles. The number of phenolic OH excluding ortho intramolecular Hbond substituents is 1. The Labute approximate surface area is 163 Å². The van der Waals surface area contributed by atoms with Gasteiger partial charge in [0.15, 0.2) is 11.6 Å². The lowest BCUT2D eigenvalue weighted by atomic mass is 9.79. The summed E-state index contributed by atoms with van der Waals surface area (Å²) < 4.78 is 0. The zero-order chi connectivity index (χ0) is 19.7. The van der Waals surface area contributed by atoms with E-state index in [9.17, 15) is 14.7 Å². The molecular weight excluding hydrogens is 350 g/mol. The Bertz CT molecular complexity index is 1070. The fraction of sp³-hybridized carbons (Fsp3) is 0.167.